The standard InChI is InChI=1S/C14H16BrF2NO3/c1-20-11-7-9(10(15)8-12(11)21-2)13(19)18-5-3-14(16,17)4-6-18/h7-8H,3-6H2,1-2H3. The highest BCUT2D eigenvalue weighted by Gasteiger charge is 2.36. The van der Waals surface area contributed by atoms with Crippen molar-refractivity contribution in [2.75, 3.05) is 27.3 Å². The van der Waals surface area contributed by atoms with E-state index in [0.717, 1.165) is 0 Å². The zero-order valence-electron chi connectivity index (χ0n) is 11.8. The van der Waals surface area contributed by atoms with Crippen LogP contribution in [0.4, 0.5) is 8.78 Å². The van der Waals surface area contributed by atoms with E-state index in [2.05, 4.69) is 15.9 Å². The summed E-state index contributed by atoms with van der Waals surface area (Å²) >= 11 is 3.31. The number of nitrogens with zero attached hydrogens (tertiary/aromatic N) is 1. The van der Waals surface area contributed by atoms with Gasteiger partial charge in [-0.15, -0.1) is 0 Å². The first kappa shape index (κ1) is 16.0. The number of carbonyl (C=O) groups excluding carboxylic acids is 1. The number of hydrogen-bond acceptors (Lipinski definition) is 3. The number of ether oxygens (including phenoxy) is 2. The Balaban J connectivity index is 2.23. The van der Waals surface area contributed by atoms with Crippen molar-refractivity contribution in [3.63, 3.8) is 0 Å². The van der Waals surface area contributed by atoms with Gasteiger partial charge in [0.2, 0.25) is 0 Å². The predicted molar refractivity (Wildman–Crippen MR) is 77.3 cm³/mol. The first-order valence-corrected chi connectivity index (χ1v) is 7.26. The molecule has 1 aromatic rings. The maximum atomic E-state index is 13.2. The zero-order valence-corrected chi connectivity index (χ0v) is 13.4. The van der Waals surface area contributed by atoms with Gasteiger partial charge >= 0.3 is 0 Å². The average Bonchev–Trinajstić information content (AvgIpc) is 2.46. The fraction of sp³-hybridized carbons (Fsp3) is 0.500. The van der Waals surface area contributed by atoms with Gasteiger partial charge in [0, 0.05) is 30.4 Å². The third-order valence-corrected chi connectivity index (χ3v) is 4.14. The van der Waals surface area contributed by atoms with E-state index in [-0.39, 0.29) is 31.8 Å². The molecule has 0 spiro atoms. The van der Waals surface area contributed by atoms with Crippen LogP contribution in [0, 0.1) is 0 Å². The molecule has 0 bridgehead atoms. The summed E-state index contributed by atoms with van der Waals surface area (Å²) in [5.74, 6) is -2.05. The van der Waals surface area contributed by atoms with Gasteiger partial charge in [-0.1, -0.05) is 0 Å². The molecule has 0 aromatic heterocycles. The molecule has 4 nitrogen and oxygen atoms in total. The molecule has 1 aromatic carbocycles. The Morgan fingerprint density at radius 2 is 1.71 bits per heavy atom. The molecule has 1 amide bonds. The molecule has 1 aliphatic rings. The Morgan fingerprint density at radius 3 is 2.24 bits per heavy atom. The predicted octanol–water partition coefficient (Wildman–Crippen LogP) is 3.34. The fourth-order valence-electron chi connectivity index (χ4n) is 2.23. The Morgan fingerprint density at radius 1 is 1.19 bits per heavy atom. The highest BCUT2D eigenvalue weighted by molar-refractivity contribution is 9.10. The second-order valence-corrected chi connectivity index (χ2v) is 5.69. The van der Waals surface area contributed by atoms with Crippen LogP contribution >= 0.6 is 15.9 Å². The van der Waals surface area contributed by atoms with Crippen molar-refractivity contribution in [1.82, 2.24) is 4.90 Å². The Hall–Kier alpha value is -1.37. The number of piperidine rings is 1. The van der Waals surface area contributed by atoms with Gasteiger partial charge in [-0.05, 0) is 28.1 Å². The molecule has 0 N–H and O–H groups in total. The first-order chi connectivity index (χ1) is 9.88. The summed E-state index contributed by atoms with van der Waals surface area (Å²) in [6, 6.07) is 3.18. The molecule has 1 fully saturated rings. The van der Waals surface area contributed by atoms with Gasteiger partial charge in [0.25, 0.3) is 11.8 Å². The lowest BCUT2D eigenvalue weighted by Gasteiger charge is -2.32. The van der Waals surface area contributed by atoms with Gasteiger partial charge in [-0.25, -0.2) is 8.78 Å². The summed E-state index contributed by atoms with van der Waals surface area (Å²) in [6.45, 7) is 0.0965. The van der Waals surface area contributed by atoms with Gasteiger partial charge in [-0.3, -0.25) is 4.79 Å². The number of benzene rings is 1. The second kappa shape index (κ2) is 6.17. The van der Waals surface area contributed by atoms with Crippen molar-refractivity contribution in [2.45, 2.75) is 18.8 Å². The monoisotopic (exact) mass is 363 g/mol. The van der Waals surface area contributed by atoms with E-state index in [1.54, 1.807) is 12.1 Å². The third kappa shape index (κ3) is 3.45. The Bertz CT molecular complexity index is 541. The van der Waals surface area contributed by atoms with Gasteiger partial charge < -0.3 is 14.4 Å². The normalized spacial score (nSPS) is 17.5. The highest BCUT2D eigenvalue weighted by Crippen LogP contribution is 2.35. The van der Waals surface area contributed by atoms with E-state index in [4.69, 9.17) is 9.47 Å². The lowest BCUT2D eigenvalue weighted by Crippen LogP contribution is -2.42. The van der Waals surface area contributed by atoms with E-state index in [0.29, 0.717) is 21.5 Å². The minimum Gasteiger partial charge on any atom is -0.493 e. The van der Waals surface area contributed by atoms with Crippen molar-refractivity contribution >= 4 is 21.8 Å². The number of rotatable bonds is 3. The molecule has 1 heterocycles. The number of alkyl halides is 2. The molecule has 0 unspecified atom stereocenters. The summed E-state index contributed by atoms with van der Waals surface area (Å²) < 4.78 is 37.2. The van der Waals surface area contributed by atoms with Gasteiger partial charge in [0.15, 0.2) is 11.5 Å². The zero-order chi connectivity index (χ0) is 15.6. The Labute approximate surface area is 130 Å². The molecule has 116 valence electrons. The number of halogens is 3. The van der Waals surface area contributed by atoms with Crippen molar-refractivity contribution in [3.05, 3.63) is 22.2 Å². The van der Waals surface area contributed by atoms with Crippen LogP contribution < -0.4 is 9.47 Å². The smallest absolute Gasteiger partial charge is 0.255 e. The number of likely N-dealkylation sites (tertiary alicyclic amines) is 1. The van der Waals surface area contributed by atoms with Crippen LogP contribution in [-0.2, 0) is 0 Å². The highest BCUT2D eigenvalue weighted by atomic mass is 79.9. The van der Waals surface area contributed by atoms with Gasteiger partial charge in [-0.2, -0.15) is 0 Å². The summed E-state index contributed by atoms with van der Waals surface area (Å²) in [5, 5.41) is 0. The summed E-state index contributed by atoms with van der Waals surface area (Å²) in [7, 11) is 2.97. The van der Waals surface area contributed by atoms with E-state index < -0.39 is 5.92 Å². The summed E-state index contributed by atoms with van der Waals surface area (Å²) in [4.78, 5) is 13.9. The summed E-state index contributed by atoms with van der Waals surface area (Å²) in [6.07, 6.45) is -0.604. The molecule has 2 rings (SSSR count). The molecule has 0 saturated carbocycles. The van der Waals surface area contributed by atoms with Crippen LogP contribution in [0.2, 0.25) is 0 Å². The van der Waals surface area contributed by atoms with Crippen molar-refractivity contribution in [3.8, 4) is 11.5 Å². The lowest BCUT2D eigenvalue weighted by molar-refractivity contribution is -0.0494. The largest absolute Gasteiger partial charge is 0.493 e. The van der Waals surface area contributed by atoms with E-state index in [9.17, 15) is 13.6 Å². The van der Waals surface area contributed by atoms with Crippen molar-refractivity contribution < 1.29 is 23.0 Å². The third-order valence-electron chi connectivity index (χ3n) is 3.49. The minimum absolute atomic E-state index is 0.0482. The SMILES string of the molecule is COc1cc(Br)c(C(=O)N2CCC(F)(F)CC2)cc1OC. The molecule has 0 aliphatic carbocycles. The van der Waals surface area contributed by atoms with Gasteiger partial charge in [0.1, 0.15) is 0 Å². The van der Waals surface area contributed by atoms with Crippen LogP contribution in [-0.4, -0.2) is 44.0 Å². The Kier molecular flexibility index (Phi) is 4.70. The van der Waals surface area contributed by atoms with E-state index >= 15 is 0 Å². The van der Waals surface area contributed by atoms with Gasteiger partial charge in [0.05, 0.1) is 19.8 Å². The molecule has 1 aliphatic heterocycles. The summed E-state index contributed by atoms with van der Waals surface area (Å²) in [5.41, 5.74) is 0.373. The maximum Gasteiger partial charge on any atom is 0.255 e. The van der Waals surface area contributed by atoms with Crippen LogP contribution in [0.25, 0.3) is 0 Å². The molecule has 0 radical (unpaired) electrons. The molecular weight excluding hydrogens is 348 g/mol. The van der Waals surface area contributed by atoms with Crippen LogP contribution in [0.3, 0.4) is 0 Å². The molecule has 21 heavy (non-hydrogen) atoms. The molecular formula is C14H16BrF2NO3. The number of carbonyl (C=O) groups is 1. The molecule has 1 saturated heterocycles. The van der Waals surface area contributed by atoms with E-state index in [1.165, 1.54) is 19.1 Å². The van der Waals surface area contributed by atoms with Crippen LogP contribution in [0.1, 0.15) is 23.2 Å². The molecule has 7 heteroatoms. The maximum absolute atomic E-state index is 13.2. The average molecular weight is 364 g/mol. The topological polar surface area (TPSA) is 38.8 Å². The second-order valence-electron chi connectivity index (χ2n) is 4.84. The van der Waals surface area contributed by atoms with Crippen LogP contribution in [0.5, 0.6) is 11.5 Å². The minimum atomic E-state index is -2.67. The number of methoxy groups -OCH3 is 2. The quantitative estimate of drug-likeness (QED) is 0.826. The lowest BCUT2D eigenvalue weighted by atomic mass is 10.1. The van der Waals surface area contributed by atoms with E-state index in [1.807, 2.05) is 0 Å². The van der Waals surface area contributed by atoms with Crippen LogP contribution in [0.15, 0.2) is 16.6 Å². The molecule has 0 atom stereocenters. The fourth-order valence-corrected chi connectivity index (χ4v) is 2.72. The van der Waals surface area contributed by atoms with Crippen molar-refractivity contribution in [2.24, 2.45) is 0 Å². The first-order valence-electron chi connectivity index (χ1n) is 6.46. The number of hydrogen-bond donors (Lipinski definition) is 0. The van der Waals surface area contributed by atoms with Crippen molar-refractivity contribution in [1.29, 1.82) is 0 Å². The number of amides is 1.